The van der Waals surface area contributed by atoms with Crippen molar-refractivity contribution >= 4 is 39.5 Å². The molecule has 4 rings (SSSR count). The molecule has 0 saturated carbocycles. The summed E-state index contributed by atoms with van der Waals surface area (Å²) in [6.07, 6.45) is 3.16. The van der Waals surface area contributed by atoms with Crippen LogP contribution in [-0.4, -0.2) is 20.9 Å². The highest BCUT2D eigenvalue weighted by Crippen LogP contribution is 2.33. The molecule has 2 N–H and O–H groups in total. The number of aliphatic imine (C=N–C) groups is 1. The fourth-order valence-electron chi connectivity index (χ4n) is 2.99. The normalized spacial score (nSPS) is 13.9. The first kappa shape index (κ1) is 17.2. The van der Waals surface area contributed by atoms with Gasteiger partial charge in [-0.3, -0.25) is 14.8 Å². The Bertz CT molecular complexity index is 1250. The molecule has 0 spiro atoms. The Hall–Kier alpha value is -3.19. The summed E-state index contributed by atoms with van der Waals surface area (Å²) in [6.45, 7) is 1.87. The maximum Gasteiger partial charge on any atom is 0.335 e. The van der Waals surface area contributed by atoms with Crippen LogP contribution in [0.15, 0.2) is 61.5 Å². The first-order valence-corrected chi connectivity index (χ1v) is 8.95. The number of fused-ring (bicyclic) bond motifs is 1. The zero-order chi connectivity index (χ0) is 19.1. The standard InChI is InChI=1S/C20H14BrN3O3/c1-11-8-13(6-7-16(11)21)24-19(26)15(18(25)23-20(24)27)9-12-10-22-17-5-3-2-4-14(12)17/h2-10,26H,1H3,(H,23,25,27). The molecule has 3 aromatic rings. The van der Waals surface area contributed by atoms with Gasteiger partial charge in [0, 0.05) is 21.8 Å². The minimum Gasteiger partial charge on any atom is -0.494 e. The van der Waals surface area contributed by atoms with Crippen LogP contribution in [0, 0.1) is 6.92 Å². The molecule has 134 valence electrons. The predicted molar refractivity (Wildman–Crippen MR) is 109 cm³/mol. The molecule has 0 atom stereocenters. The number of allylic oxidation sites excluding steroid dienone is 1. The molecule has 1 aromatic heterocycles. The van der Waals surface area contributed by atoms with E-state index in [1.165, 1.54) is 6.08 Å². The van der Waals surface area contributed by atoms with Gasteiger partial charge in [0.15, 0.2) is 0 Å². The van der Waals surface area contributed by atoms with Crippen molar-refractivity contribution in [2.45, 2.75) is 6.92 Å². The van der Waals surface area contributed by atoms with E-state index in [1.807, 2.05) is 31.2 Å². The van der Waals surface area contributed by atoms with Gasteiger partial charge in [-0.15, -0.1) is 0 Å². The van der Waals surface area contributed by atoms with Crippen molar-refractivity contribution in [3.05, 3.63) is 84.5 Å². The Labute approximate surface area is 162 Å². The largest absolute Gasteiger partial charge is 0.494 e. The van der Waals surface area contributed by atoms with Gasteiger partial charge in [-0.2, -0.15) is 0 Å². The summed E-state index contributed by atoms with van der Waals surface area (Å²) in [4.78, 5) is 31.2. The Morgan fingerprint density at radius 3 is 2.74 bits per heavy atom. The Balaban J connectivity index is 1.92. The first-order valence-electron chi connectivity index (χ1n) is 8.15. The summed E-state index contributed by atoms with van der Waals surface area (Å²) in [5.41, 5.74) is 2.30. The second kappa shape index (κ2) is 6.51. The zero-order valence-electron chi connectivity index (χ0n) is 14.2. The van der Waals surface area contributed by atoms with Crippen LogP contribution < -0.4 is 11.2 Å². The molecule has 6 nitrogen and oxygen atoms in total. The van der Waals surface area contributed by atoms with E-state index in [4.69, 9.17) is 0 Å². The van der Waals surface area contributed by atoms with E-state index in [0.29, 0.717) is 11.3 Å². The minimum atomic E-state index is -0.707. The third kappa shape index (κ3) is 2.96. The zero-order valence-corrected chi connectivity index (χ0v) is 15.8. The molecule has 0 bridgehead atoms. The van der Waals surface area contributed by atoms with E-state index in [1.54, 1.807) is 24.4 Å². The van der Waals surface area contributed by atoms with Crippen molar-refractivity contribution in [3.8, 4) is 11.6 Å². The van der Waals surface area contributed by atoms with Crippen molar-refractivity contribution in [1.29, 1.82) is 0 Å². The van der Waals surface area contributed by atoms with Crippen LogP contribution in [0.4, 0.5) is 5.69 Å². The van der Waals surface area contributed by atoms with Gasteiger partial charge in [0.25, 0.3) is 5.56 Å². The third-order valence-electron chi connectivity index (χ3n) is 4.38. The van der Waals surface area contributed by atoms with Gasteiger partial charge in [0.2, 0.25) is 5.88 Å². The molecular formula is C20H14BrN3O3. The number of rotatable bonds is 2. The number of aromatic nitrogens is 2. The molecule has 0 fully saturated rings. The Kier molecular flexibility index (Phi) is 4.16. The van der Waals surface area contributed by atoms with Crippen molar-refractivity contribution in [2.75, 3.05) is 0 Å². The highest BCUT2D eigenvalue weighted by Gasteiger charge is 2.17. The lowest BCUT2D eigenvalue weighted by Gasteiger charge is -2.11. The Morgan fingerprint density at radius 2 is 1.96 bits per heavy atom. The molecule has 0 saturated heterocycles. The average Bonchev–Trinajstić information content (AvgIpc) is 3.04. The van der Waals surface area contributed by atoms with Crippen molar-refractivity contribution in [1.82, 2.24) is 9.55 Å². The quantitative estimate of drug-likeness (QED) is 0.660. The molecule has 0 radical (unpaired) electrons. The van der Waals surface area contributed by atoms with Gasteiger partial charge in [0.1, 0.15) is 5.56 Å². The second-order valence-electron chi connectivity index (χ2n) is 6.14. The highest BCUT2D eigenvalue weighted by atomic mass is 79.9. The summed E-state index contributed by atoms with van der Waals surface area (Å²) in [6, 6.07) is 12.7. The maximum absolute atomic E-state index is 12.3. The fourth-order valence-corrected chi connectivity index (χ4v) is 3.23. The van der Waals surface area contributed by atoms with E-state index < -0.39 is 17.1 Å². The van der Waals surface area contributed by atoms with Gasteiger partial charge in [-0.25, -0.2) is 9.36 Å². The third-order valence-corrected chi connectivity index (χ3v) is 5.27. The second-order valence-corrected chi connectivity index (χ2v) is 6.99. The van der Waals surface area contributed by atoms with E-state index in [2.05, 4.69) is 25.9 Å². The SMILES string of the molecule is Cc1cc(-n2c(O)c(C=C3C=Nc4ccccc43)c(=O)[nH]c2=O)ccc1Br. The van der Waals surface area contributed by atoms with Gasteiger partial charge in [0.05, 0.1) is 11.4 Å². The van der Waals surface area contributed by atoms with Gasteiger partial charge < -0.3 is 5.11 Å². The number of halogens is 1. The molecule has 0 amide bonds. The molecule has 0 aliphatic carbocycles. The fraction of sp³-hybridized carbons (Fsp3) is 0.0500. The number of nitrogens with one attached hydrogen (secondary N) is 1. The number of aryl methyl sites for hydroxylation is 1. The van der Waals surface area contributed by atoms with E-state index in [0.717, 1.165) is 25.9 Å². The highest BCUT2D eigenvalue weighted by molar-refractivity contribution is 9.10. The van der Waals surface area contributed by atoms with E-state index in [-0.39, 0.29) is 5.56 Å². The van der Waals surface area contributed by atoms with Crippen LogP contribution in [0.5, 0.6) is 5.88 Å². The number of benzene rings is 2. The first-order chi connectivity index (χ1) is 13.0. The van der Waals surface area contributed by atoms with Crippen LogP contribution in [0.1, 0.15) is 16.7 Å². The minimum absolute atomic E-state index is 0.00618. The van der Waals surface area contributed by atoms with Crippen molar-refractivity contribution in [2.24, 2.45) is 4.99 Å². The number of aromatic hydroxyl groups is 1. The lowest BCUT2D eigenvalue weighted by molar-refractivity contribution is 0.429. The van der Waals surface area contributed by atoms with Gasteiger partial charge in [-0.1, -0.05) is 34.1 Å². The lowest BCUT2D eigenvalue weighted by Crippen LogP contribution is -2.30. The number of hydrogen-bond acceptors (Lipinski definition) is 4. The topological polar surface area (TPSA) is 87.4 Å². The molecule has 2 heterocycles. The Morgan fingerprint density at radius 1 is 1.19 bits per heavy atom. The van der Waals surface area contributed by atoms with Crippen molar-refractivity contribution in [3.63, 3.8) is 0 Å². The predicted octanol–water partition coefficient (Wildman–Crippen LogP) is 3.56. The maximum atomic E-state index is 12.3. The summed E-state index contributed by atoms with van der Waals surface area (Å²) >= 11 is 3.41. The monoisotopic (exact) mass is 423 g/mol. The van der Waals surface area contributed by atoms with Crippen molar-refractivity contribution < 1.29 is 5.11 Å². The number of H-pyrrole nitrogens is 1. The molecule has 2 aromatic carbocycles. The van der Waals surface area contributed by atoms with E-state index in [9.17, 15) is 14.7 Å². The number of para-hydroxylation sites is 1. The summed E-state index contributed by atoms with van der Waals surface area (Å²) in [7, 11) is 0. The molecule has 1 aliphatic heterocycles. The van der Waals surface area contributed by atoms with Gasteiger partial charge in [-0.05, 0) is 42.8 Å². The molecule has 7 heteroatoms. The molecule has 27 heavy (non-hydrogen) atoms. The number of aromatic amines is 1. The number of nitrogens with zero attached hydrogens (tertiary/aromatic N) is 2. The van der Waals surface area contributed by atoms with Crippen LogP contribution in [0.2, 0.25) is 0 Å². The van der Waals surface area contributed by atoms with Gasteiger partial charge >= 0.3 is 5.69 Å². The van der Waals surface area contributed by atoms with E-state index >= 15 is 0 Å². The van der Waals surface area contributed by atoms with Crippen LogP contribution in [0.3, 0.4) is 0 Å². The van der Waals surface area contributed by atoms with Crippen LogP contribution in [-0.2, 0) is 0 Å². The summed E-state index contributed by atoms with van der Waals surface area (Å²) in [5, 5.41) is 10.7. The smallest absolute Gasteiger partial charge is 0.335 e. The molecule has 1 aliphatic rings. The molecule has 0 unspecified atom stereocenters. The molecular weight excluding hydrogens is 410 g/mol. The average molecular weight is 424 g/mol. The summed E-state index contributed by atoms with van der Waals surface area (Å²) in [5.74, 6) is -0.421. The lowest BCUT2D eigenvalue weighted by atomic mass is 10.1. The van der Waals surface area contributed by atoms with Crippen LogP contribution in [0.25, 0.3) is 17.3 Å². The number of hydrogen-bond donors (Lipinski definition) is 2. The summed E-state index contributed by atoms with van der Waals surface area (Å²) < 4.78 is 1.95. The van der Waals surface area contributed by atoms with Crippen LogP contribution >= 0.6 is 15.9 Å².